The maximum Gasteiger partial charge on any atom is 0.0552 e. The number of nitrogens with one attached hydrogen (secondary N) is 1. The van der Waals surface area contributed by atoms with Crippen LogP contribution in [0.5, 0.6) is 0 Å². The van der Waals surface area contributed by atoms with Crippen molar-refractivity contribution < 1.29 is 0 Å². The Hall–Kier alpha value is -7.63. The van der Waals surface area contributed by atoms with Crippen LogP contribution in [0, 0.1) is 0 Å². The minimum atomic E-state index is 0.174. The molecule has 0 radical (unpaired) electrons. The Bertz CT molecular complexity index is 3330. The van der Waals surface area contributed by atoms with Crippen molar-refractivity contribution in [2.45, 2.75) is 22.5 Å². The van der Waals surface area contributed by atoms with E-state index in [4.69, 9.17) is 6.58 Å². The maximum absolute atomic E-state index is 4.98. The highest BCUT2D eigenvalue weighted by Crippen LogP contribution is 2.53. The van der Waals surface area contributed by atoms with Gasteiger partial charge < -0.3 is 14.8 Å². The van der Waals surface area contributed by atoms with E-state index in [1.54, 1.807) is 0 Å². The third-order valence-electron chi connectivity index (χ3n) is 13.4. The molecule has 12 rings (SSSR count). The summed E-state index contributed by atoms with van der Waals surface area (Å²) < 4.78 is 2.50. The van der Waals surface area contributed by atoms with Crippen LogP contribution in [0.4, 0.5) is 11.4 Å². The molecule has 2 bridgehead atoms. The molecule has 4 heteroatoms. The zero-order valence-electron chi connectivity index (χ0n) is 38.5. The molecule has 68 heavy (non-hydrogen) atoms. The van der Waals surface area contributed by atoms with Crippen LogP contribution in [0.3, 0.4) is 0 Å². The Morgan fingerprint density at radius 2 is 0.985 bits per heavy atom. The largest absolute Gasteiger partial charge is 0.337 e. The first-order valence-corrected chi connectivity index (χ1v) is 24.5. The van der Waals surface area contributed by atoms with Crippen LogP contribution in [-0.2, 0) is 0 Å². The summed E-state index contributed by atoms with van der Waals surface area (Å²) in [4.78, 5) is 3.86. The van der Waals surface area contributed by atoms with Gasteiger partial charge in [0.05, 0.1) is 11.0 Å². The maximum atomic E-state index is 4.98. The number of nitrogens with zero attached hydrogens (tertiary/aromatic N) is 2. The predicted molar refractivity (Wildman–Crippen MR) is 293 cm³/mol. The molecule has 0 spiro atoms. The number of aromatic nitrogens is 1. The van der Waals surface area contributed by atoms with Crippen LogP contribution >= 0.6 is 11.8 Å². The zero-order chi connectivity index (χ0) is 46.0. The Labute approximate surface area is 404 Å². The fourth-order valence-electron chi connectivity index (χ4n) is 10.2. The van der Waals surface area contributed by atoms with Crippen molar-refractivity contribution in [3.8, 4) is 50.2 Å². The Kier molecular flexibility index (Phi) is 12.0. The van der Waals surface area contributed by atoms with Gasteiger partial charge in [-0.3, -0.25) is 0 Å². The minimum Gasteiger partial charge on any atom is -0.337 e. The van der Waals surface area contributed by atoms with E-state index in [0.29, 0.717) is 0 Å². The number of benzene rings is 9. The lowest BCUT2D eigenvalue weighted by atomic mass is 9.87. The third kappa shape index (κ3) is 8.17. The van der Waals surface area contributed by atoms with Crippen molar-refractivity contribution in [1.82, 2.24) is 9.88 Å². The van der Waals surface area contributed by atoms with Gasteiger partial charge in [0.25, 0.3) is 0 Å². The molecule has 2 atom stereocenters. The lowest BCUT2D eigenvalue weighted by Gasteiger charge is -2.35. The second-order valence-corrected chi connectivity index (χ2v) is 19.0. The second kappa shape index (κ2) is 18.9. The molecule has 9 aromatic carbocycles. The highest BCUT2D eigenvalue weighted by molar-refractivity contribution is 8.00. The molecule has 10 aromatic rings. The number of para-hydroxylation sites is 2. The summed E-state index contributed by atoms with van der Waals surface area (Å²) in [7, 11) is 3.75. The second-order valence-electron chi connectivity index (χ2n) is 17.8. The number of rotatable bonds is 6. The summed E-state index contributed by atoms with van der Waals surface area (Å²) in [5.41, 5.74) is 19.3. The normalized spacial score (nSPS) is 15.8. The van der Waals surface area contributed by atoms with E-state index < -0.39 is 0 Å². The van der Waals surface area contributed by atoms with Crippen LogP contribution in [-0.4, -0.2) is 30.5 Å². The molecule has 0 aliphatic carbocycles. The van der Waals surface area contributed by atoms with Crippen LogP contribution in [0.1, 0.15) is 23.5 Å². The van der Waals surface area contributed by atoms with Crippen LogP contribution in [0.15, 0.2) is 242 Å². The van der Waals surface area contributed by atoms with Crippen LogP contribution in [0.25, 0.3) is 77.6 Å². The molecular weight excluding hydrogens is 843 g/mol. The van der Waals surface area contributed by atoms with Gasteiger partial charge in [-0.1, -0.05) is 183 Å². The molecule has 2 aliphatic rings. The number of thioether (sulfide) groups is 1. The van der Waals surface area contributed by atoms with Crippen molar-refractivity contribution in [3.05, 3.63) is 248 Å². The summed E-state index contributed by atoms with van der Waals surface area (Å²) >= 11 is 2.01. The molecule has 1 N–H and O–H groups in total. The summed E-state index contributed by atoms with van der Waals surface area (Å²) in [5, 5.41) is 5.52. The first-order valence-electron chi connectivity index (χ1n) is 23.6. The fourth-order valence-corrected chi connectivity index (χ4v) is 11.8. The van der Waals surface area contributed by atoms with Gasteiger partial charge in [0.15, 0.2) is 0 Å². The summed E-state index contributed by atoms with van der Waals surface area (Å²) in [6.45, 7) is 5.70. The lowest BCUT2D eigenvalue weighted by Crippen LogP contribution is -2.23. The number of hydrogen-bond donors (Lipinski definition) is 1. The summed E-state index contributed by atoms with van der Waals surface area (Å²) in [6, 6.07) is 79.9. The van der Waals surface area contributed by atoms with Crippen molar-refractivity contribution in [2.75, 3.05) is 25.5 Å². The smallest absolute Gasteiger partial charge is 0.0552 e. The van der Waals surface area contributed by atoms with Gasteiger partial charge in [-0.05, 0) is 131 Å². The van der Waals surface area contributed by atoms with E-state index in [2.05, 4.69) is 245 Å². The first kappa shape index (κ1) is 43.0. The Balaban J connectivity index is 0.00000165. The molecule has 2 aliphatic heterocycles. The molecule has 1 aromatic heterocycles. The van der Waals surface area contributed by atoms with Crippen molar-refractivity contribution in [2.24, 2.45) is 0 Å². The topological polar surface area (TPSA) is 20.2 Å². The standard InChI is InChI=1S/C62H46N2S.C2H7N/c1-42-54-28-14-16-30-57(54)63(52-37-48(43-19-6-2-7-20-43)35-49(38-52)44-21-8-3-9-22-44)34-18-27-47-41-60(42)65-62-55(47)32-33-59-61(62)56-29-15-17-31-58(56)64(59)53-39-50(45-23-10-4-11-24-45)36-51(40-53)46-25-12-5-13-26-46;1-3-2/h2-33,35-40,47,60H,1,34,41H2;3H,1-2H3/b27-18-;. The molecule has 330 valence electrons. The number of hydrogen-bond acceptors (Lipinski definition) is 3. The third-order valence-corrected chi connectivity index (χ3v) is 14.8. The van der Waals surface area contributed by atoms with Crippen molar-refractivity contribution in [3.63, 3.8) is 0 Å². The molecule has 0 saturated carbocycles. The van der Waals surface area contributed by atoms with Gasteiger partial charge in [-0.2, -0.15) is 0 Å². The fraction of sp³-hybridized carbons (Fsp3) is 0.0938. The van der Waals surface area contributed by atoms with Crippen molar-refractivity contribution >= 4 is 50.5 Å². The van der Waals surface area contributed by atoms with Crippen molar-refractivity contribution in [1.29, 1.82) is 0 Å². The number of allylic oxidation sites excluding steroid dienone is 1. The van der Waals surface area contributed by atoms with Crippen LogP contribution < -0.4 is 10.2 Å². The molecule has 2 unspecified atom stereocenters. The van der Waals surface area contributed by atoms with Gasteiger partial charge in [0.1, 0.15) is 0 Å². The van der Waals surface area contributed by atoms with Crippen LogP contribution in [0.2, 0.25) is 0 Å². The molecular formula is C64H53N3S. The van der Waals surface area contributed by atoms with E-state index in [0.717, 1.165) is 24.3 Å². The number of anilines is 2. The van der Waals surface area contributed by atoms with Gasteiger partial charge in [0, 0.05) is 56.0 Å². The molecule has 0 amide bonds. The minimum absolute atomic E-state index is 0.174. The monoisotopic (exact) mass is 895 g/mol. The molecule has 3 heterocycles. The van der Waals surface area contributed by atoms with E-state index in [1.165, 1.54) is 93.6 Å². The molecule has 0 fully saturated rings. The van der Waals surface area contributed by atoms with E-state index in [9.17, 15) is 0 Å². The average molecular weight is 896 g/mol. The van der Waals surface area contributed by atoms with E-state index >= 15 is 0 Å². The summed E-state index contributed by atoms with van der Waals surface area (Å²) in [6.07, 6.45) is 5.89. The molecule has 0 saturated heterocycles. The van der Waals surface area contributed by atoms with Gasteiger partial charge >= 0.3 is 0 Å². The Morgan fingerprint density at radius 1 is 0.500 bits per heavy atom. The SMILES string of the molecule is C=C1c2ccccc2N(c2cc(-c3ccccc3)cc(-c3ccccc3)c2)C/C=C\C2CC1Sc1c2ccc2c1c1ccccc1n2-c1cc(-c2ccccc2)cc(-c2ccccc2)c1.CNC. The summed E-state index contributed by atoms with van der Waals surface area (Å²) in [5.74, 6) is 0.230. The quantitative estimate of drug-likeness (QED) is 0.168. The number of fused-ring (bicyclic) bond motifs is 9. The highest BCUT2D eigenvalue weighted by atomic mass is 32.2. The van der Waals surface area contributed by atoms with E-state index in [1.807, 2.05) is 25.9 Å². The lowest BCUT2D eigenvalue weighted by molar-refractivity contribution is 0.738. The van der Waals surface area contributed by atoms with Gasteiger partial charge in [0.2, 0.25) is 0 Å². The first-order chi connectivity index (χ1) is 33.6. The predicted octanol–water partition coefficient (Wildman–Crippen LogP) is 16.7. The molecule has 3 nitrogen and oxygen atoms in total. The van der Waals surface area contributed by atoms with E-state index in [-0.39, 0.29) is 11.2 Å². The average Bonchev–Trinajstić information content (AvgIpc) is 3.75. The highest BCUT2D eigenvalue weighted by Gasteiger charge is 2.33. The zero-order valence-corrected chi connectivity index (χ0v) is 39.3. The van der Waals surface area contributed by atoms with Gasteiger partial charge in [-0.25, -0.2) is 0 Å². The Morgan fingerprint density at radius 3 is 1.54 bits per heavy atom. The van der Waals surface area contributed by atoms with Gasteiger partial charge in [-0.15, -0.1) is 11.8 Å².